The van der Waals surface area contributed by atoms with Crippen LogP contribution < -0.4 is 0 Å². The van der Waals surface area contributed by atoms with Crippen molar-refractivity contribution in [2.75, 3.05) is 0 Å². The zero-order valence-corrected chi connectivity index (χ0v) is 13.6. The summed E-state index contributed by atoms with van der Waals surface area (Å²) in [5, 5.41) is 10.4. The summed E-state index contributed by atoms with van der Waals surface area (Å²) in [4.78, 5) is 3.57. The van der Waals surface area contributed by atoms with E-state index >= 15 is 0 Å². The molecule has 0 aliphatic carbocycles. The number of para-hydroxylation sites is 1. The highest BCUT2D eigenvalue weighted by atomic mass is 14.7. The normalized spacial score (nSPS) is 12.0. The number of hydrogen-bond donors (Lipinski definition) is 1. The van der Waals surface area contributed by atoms with Gasteiger partial charge in [0.15, 0.2) is 0 Å². The zero-order chi connectivity index (χ0) is 16.4. The molecule has 1 N–H and O–H groups in total. The number of fused-ring (bicyclic) bond motifs is 8. The largest absolute Gasteiger partial charge is 0.354 e. The van der Waals surface area contributed by atoms with Gasteiger partial charge in [-0.05, 0) is 50.5 Å². The standard InChI is InChI=1S/C24H15N/c1-2-6-17-15(5-1)9-11-19-18(17)12-10-16-13-22-20-7-3-4-8-23(20)25-24(22)14-21(16)19/h1-14,25H. The Morgan fingerprint density at radius 3 is 2.04 bits per heavy atom. The van der Waals surface area contributed by atoms with Gasteiger partial charge in [-0.1, -0.05) is 66.7 Å². The average molecular weight is 317 g/mol. The zero-order valence-electron chi connectivity index (χ0n) is 13.6. The first-order chi connectivity index (χ1) is 12.4. The Bertz CT molecular complexity index is 1440. The Morgan fingerprint density at radius 2 is 1.12 bits per heavy atom. The van der Waals surface area contributed by atoms with Gasteiger partial charge in [-0.2, -0.15) is 0 Å². The smallest absolute Gasteiger partial charge is 0.0471 e. The topological polar surface area (TPSA) is 15.8 Å². The van der Waals surface area contributed by atoms with E-state index < -0.39 is 0 Å². The van der Waals surface area contributed by atoms with Crippen LogP contribution in [0.5, 0.6) is 0 Å². The average Bonchev–Trinajstić information content (AvgIpc) is 3.03. The first-order valence-electron chi connectivity index (χ1n) is 8.63. The van der Waals surface area contributed by atoms with E-state index in [2.05, 4.69) is 89.9 Å². The summed E-state index contributed by atoms with van der Waals surface area (Å²) in [5.41, 5.74) is 2.40. The Kier molecular flexibility index (Phi) is 2.40. The highest BCUT2D eigenvalue weighted by molar-refractivity contribution is 6.21. The van der Waals surface area contributed by atoms with Crippen LogP contribution in [0.15, 0.2) is 84.9 Å². The number of aromatic nitrogens is 1. The van der Waals surface area contributed by atoms with Crippen LogP contribution in [0.2, 0.25) is 0 Å². The number of nitrogens with one attached hydrogen (secondary N) is 1. The molecule has 1 aromatic heterocycles. The van der Waals surface area contributed by atoms with Crippen LogP contribution in [0, 0.1) is 0 Å². The molecule has 0 radical (unpaired) electrons. The van der Waals surface area contributed by atoms with Crippen LogP contribution in [0.3, 0.4) is 0 Å². The van der Waals surface area contributed by atoms with Gasteiger partial charge in [-0.15, -0.1) is 0 Å². The van der Waals surface area contributed by atoms with Gasteiger partial charge in [0, 0.05) is 21.8 Å². The van der Waals surface area contributed by atoms with Crippen molar-refractivity contribution in [3.05, 3.63) is 84.9 Å². The molecule has 116 valence electrons. The Morgan fingerprint density at radius 1 is 0.400 bits per heavy atom. The van der Waals surface area contributed by atoms with Crippen molar-refractivity contribution >= 4 is 54.1 Å². The first-order valence-corrected chi connectivity index (χ1v) is 8.63. The molecule has 0 aliphatic heterocycles. The summed E-state index contributed by atoms with van der Waals surface area (Å²) in [5.74, 6) is 0. The van der Waals surface area contributed by atoms with E-state index in [9.17, 15) is 0 Å². The molecule has 5 aromatic carbocycles. The van der Waals surface area contributed by atoms with Crippen molar-refractivity contribution in [3.8, 4) is 0 Å². The second kappa shape index (κ2) is 4.61. The third kappa shape index (κ3) is 1.72. The molecule has 0 saturated carbocycles. The van der Waals surface area contributed by atoms with E-state index in [0.717, 1.165) is 0 Å². The van der Waals surface area contributed by atoms with E-state index in [1.807, 2.05) is 0 Å². The van der Waals surface area contributed by atoms with Crippen LogP contribution in [0.1, 0.15) is 0 Å². The molecule has 6 aromatic rings. The molecule has 1 nitrogen and oxygen atoms in total. The van der Waals surface area contributed by atoms with Gasteiger partial charge >= 0.3 is 0 Å². The fourth-order valence-electron chi connectivity index (χ4n) is 4.17. The van der Waals surface area contributed by atoms with E-state index in [1.54, 1.807) is 0 Å². The van der Waals surface area contributed by atoms with Crippen molar-refractivity contribution in [1.82, 2.24) is 4.98 Å². The van der Waals surface area contributed by atoms with Crippen LogP contribution in [-0.2, 0) is 0 Å². The van der Waals surface area contributed by atoms with Crippen LogP contribution in [0.25, 0.3) is 54.1 Å². The summed E-state index contributed by atoms with van der Waals surface area (Å²) in [6.45, 7) is 0. The molecule has 0 bridgehead atoms. The molecule has 0 fully saturated rings. The van der Waals surface area contributed by atoms with E-state index in [4.69, 9.17) is 0 Å². The molecule has 6 rings (SSSR count). The minimum atomic E-state index is 1.20. The predicted octanol–water partition coefficient (Wildman–Crippen LogP) is 6.78. The SMILES string of the molecule is c1ccc2c(c1)ccc1c3cc4[nH]c5ccccc5c4cc3ccc21. The van der Waals surface area contributed by atoms with Gasteiger partial charge < -0.3 is 4.98 Å². The number of benzene rings is 5. The Labute approximate surface area is 144 Å². The maximum Gasteiger partial charge on any atom is 0.0471 e. The third-order valence-electron chi connectivity index (χ3n) is 5.37. The molecular formula is C24H15N. The fourth-order valence-corrected chi connectivity index (χ4v) is 4.17. The van der Waals surface area contributed by atoms with Gasteiger partial charge in [0.25, 0.3) is 0 Å². The van der Waals surface area contributed by atoms with E-state index in [-0.39, 0.29) is 0 Å². The van der Waals surface area contributed by atoms with E-state index in [1.165, 1.54) is 54.1 Å². The fraction of sp³-hybridized carbons (Fsp3) is 0. The summed E-state index contributed by atoms with van der Waals surface area (Å²) >= 11 is 0. The monoisotopic (exact) mass is 317 g/mol. The number of rotatable bonds is 0. The van der Waals surface area contributed by atoms with Gasteiger partial charge in [-0.25, -0.2) is 0 Å². The lowest BCUT2D eigenvalue weighted by Crippen LogP contribution is -1.81. The van der Waals surface area contributed by atoms with Crippen molar-refractivity contribution in [2.24, 2.45) is 0 Å². The van der Waals surface area contributed by atoms with Crippen LogP contribution >= 0.6 is 0 Å². The number of H-pyrrole nitrogens is 1. The molecule has 0 unspecified atom stereocenters. The maximum absolute atomic E-state index is 3.57. The predicted molar refractivity (Wildman–Crippen MR) is 108 cm³/mol. The Hall–Kier alpha value is -3.32. The second-order valence-corrected chi connectivity index (χ2v) is 6.74. The molecule has 0 aliphatic rings. The summed E-state index contributed by atoms with van der Waals surface area (Å²) in [7, 11) is 0. The van der Waals surface area contributed by atoms with Crippen molar-refractivity contribution in [2.45, 2.75) is 0 Å². The lowest BCUT2D eigenvalue weighted by atomic mass is 9.96. The highest BCUT2D eigenvalue weighted by Crippen LogP contribution is 2.35. The van der Waals surface area contributed by atoms with Crippen molar-refractivity contribution in [1.29, 1.82) is 0 Å². The Balaban J connectivity index is 1.82. The molecule has 0 saturated heterocycles. The molecule has 0 spiro atoms. The summed E-state index contributed by atoms with van der Waals surface area (Å²) in [6, 6.07) is 30.8. The molecule has 25 heavy (non-hydrogen) atoms. The molecule has 0 amide bonds. The first kappa shape index (κ1) is 13.0. The van der Waals surface area contributed by atoms with Crippen molar-refractivity contribution < 1.29 is 0 Å². The second-order valence-electron chi connectivity index (χ2n) is 6.74. The van der Waals surface area contributed by atoms with Gasteiger partial charge in [-0.3, -0.25) is 0 Å². The molecule has 1 heteroatoms. The molecule has 1 heterocycles. The highest BCUT2D eigenvalue weighted by Gasteiger charge is 2.09. The molecule has 0 atom stereocenters. The number of aromatic amines is 1. The van der Waals surface area contributed by atoms with Gasteiger partial charge in [0.1, 0.15) is 0 Å². The summed E-state index contributed by atoms with van der Waals surface area (Å²) < 4.78 is 0. The minimum absolute atomic E-state index is 1.20. The lowest BCUT2D eigenvalue weighted by molar-refractivity contribution is 1.56. The summed E-state index contributed by atoms with van der Waals surface area (Å²) in [6.07, 6.45) is 0. The van der Waals surface area contributed by atoms with Crippen LogP contribution in [0.4, 0.5) is 0 Å². The van der Waals surface area contributed by atoms with E-state index in [0.29, 0.717) is 0 Å². The van der Waals surface area contributed by atoms with Gasteiger partial charge in [0.05, 0.1) is 0 Å². The lowest BCUT2D eigenvalue weighted by Gasteiger charge is -2.08. The van der Waals surface area contributed by atoms with Gasteiger partial charge in [0.2, 0.25) is 0 Å². The quantitative estimate of drug-likeness (QED) is 0.297. The third-order valence-corrected chi connectivity index (χ3v) is 5.37. The van der Waals surface area contributed by atoms with Crippen molar-refractivity contribution in [3.63, 3.8) is 0 Å². The van der Waals surface area contributed by atoms with Crippen LogP contribution in [-0.4, -0.2) is 4.98 Å². The minimum Gasteiger partial charge on any atom is -0.354 e. The maximum atomic E-state index is 3.57. The molecular weight excluding hydrogens is 302 g/mol. The number of hydrogen-bond acceptors (Lipinski definition) is 0.